The van der Waals surface area contributed by atoms with Crippen LogP contribution in [0.3, 0.4) is 0 Å². The summed E-state index contributed by atoms with van der Waals surface area (Å²) in [6, 6.07) is 5.72. The number of nitrogens with zero attached hydrogens (tertiary/aromatic N) is 2. The molecule has 5 heteroatoms. The van der Waals surface area contributed by atoms with Gasteiger partial charge in [-0.3, -0.25) is 4.98 Å². The SMILES string of the molecule is C[N+](C)(C)C[C@H](O)CC(=O)[O-].c1ccncc1. The first-order valence-corrected chi connectivity index (χ1v) is 5.34. The first-order valence-electron chi connectivity index (χ1n) is 5.34. The first kappa shape index (κ1) is 15.5. The standard InChI is InChI=1S/C7H15NO3.C5H5N/c1-8(2,3)5-6(9)4-7(10)11;1-2-4-6-5-3-1/h6,9H,4-5H2,1-3H3;1-5H/t6-;/m1./s1. The quantitative estimate of drug-likeness (QED) is 0.705. The van der Waals surface area contributed by atoms with Gasteiger partial charge in [0.15, 0.2) is 0 Å². The fourth-order valence-electron chi connectivity index (χ4n) is 1.20. The lowest BCUT2D eigenvalue weighted by molar-refractivity contribution is -0.873. The molecule has 0 aliphatic rings. The number of pyridine rings is 1. The Hall–Kier alpha value is -1.46. The van der Waals surface area contributed by atoms with Crippen molar-refractivity contribution in [3.05, 3.63) is 30.6 Å². The largest absolute Gasteiger partial charge is 0.550 e. The summed E-state index contributed by atoms with van der Waals surface area (Å²) in [5.41, 5.74) is 0. The third-order valence-corrected chi connectivity index (χ3v) is 1.73. The van der Waals surface area contributed by atoms with Crippen molar-refractivity contribution in [1.82, 2.24) is 4.98 Å². The first-order chi connectivity index (χ1) is 7.81. The Kier molecular flexibility index (Phi) is 7.09. The van der Waals surface area contributed by atoms with Gasteiger partial charge in [0, 0.05) is 24.8 Å². The maximum atomic E-state index is 10.0. The van der Waals surface area contributed by atoms with Crippen molar-refractivity contribution < 1.29 is 19.5 Å². The maximum Gasteiger partial charge on any atom is 0.108 e. The van der Waals surface area contributed by atoms with Gasteiger partial charge in [0.1, 0.15) is 12.6 Å². The lowest BCUT2D eigenvalue weighted by Crippen LogP contribution is -2.43. The fraction of sp³-hybridized carbons (Fsp3) is 0.500. The predicted molar refractivity (Wildman–Crippen MR) is 62.8 cm³/mol. The van der Waals surface area contributed by atoms with Crippen LogP contribution >= 0.6 is 0 Å². The minimum absolute atomic E-state index is 0.282. The number of carboxylic acids is 1. The van der Waals surface area contributed by atoms with Crippen molar-refractivity contribution in [2.75, 3.05) is 27.7 Å². The summed E-state index contributed by atoms with van der Waals surface area (Å²) in [7, 11) is 5.66. The van der Waals surface area contributed by atoms with E-state index in [0.717, 1.165) is 0 Å². The van der Waals surface area contributed by atoms with Crippen LogP contribution in [0, 0.1) is 0 Å². The molecular weight excluding hydrogens is 220 g/mol. The highest BCUT2D eigenvalue weighted by molar-refractivity contribution is 5.64. The molecule has 1 aromatic heterocycles. The van der Waals surface area contributed by atoms with Gasteiger partial charge in [0.25, 0.3) is 0 Å². The number of aliphatic hydroxyl groups excluding tert-OH is 1. The Morgan fingerprint density at radius 1 is 1.29 bits per heavy atom. The number of aliphatic hydroxyl groups is 1. The van der Waals surface area contributed by atoms with E-state index in [2.05, 4.69) is 4.98 Å². The van der Waals surface area contributed by atoms with Crippen molar-refractivity contribution in [3.8, 4) is 0 Å². The van der Waals surface area contributed by atoms with Crippen LogP contribution in [0.15, 0.2) is 30.6 Å². The number of hydrogen-bond acceptors (Lipinski definition) is 4. The van der Waals surface area contributed by atoms with E-state index >= 15 is 0 Å². The predicted octanol–water partition coefficient (Wildman–Crippen LogP) is -0.725. The molecule has 1 rings (SSSR count). The second-order valence-electron chi connectivity index (χ2n) is 4.73. The molecule has 0 radical (unpaired) electrons. The zero-order chi connectivity index (χ0) is 13.3. The molecule has 0 aliphatic carbocycles. The number of aliphatic carboxylic acids is 1. The highest BCUT2D eigenvalue weighted by Gasteiger charge is 2.14. The number of likely N-dealkylation sites (N-methyl/N-ethyl adjacent to an activating group) is 1. The smallest absolute Gasteiger partial charge is 0.108 e. The highest BCUT2D eigenvalue weighted by Crippen LogP contribution is 1.97. The molecule has 0 spiro atoms. The van der Waals surface area contributed by atoms with Crippen LogP contribution in [-0.4, -0.2) is 54.3 Å². The number of carboxylic acid groups (broad SMARTS) is 1. The van der Waals surface area contributed by atoms with Gasteiger partial charge in [-0.15, -0.1) is 0 Å². The zero-order valence-corrected chi connectivity index (χ0v) is 10.5. The molecule has 1 heterocycles. The molecule has 17 heavy (non-hydrogen) atoms. The molecule has 0 amide bonds. The van der Waals surface area contributed by atoms with Crippen LogP contribution in [0.4, 0.5) is 0 Å². The van der Waals surface area contributed by atoms with E-state index in [1.165, 1.54) is 0 Å². The molecule has 0 unspecified atom stereocenters. The number of hydrogen-bond donors (Lipinski definition) is 1. The van der Waals surface area contributed by atoms with Gasteiger partial charge in [-0.1, -0.05) is 6.07 Å². The van der Waals surface area contributed by atoms with Crippen LogP contribution in [0.25, 0.3) is 0 Å². The number of rotatable bonds is 4. The molecule has 1 aromatic rings. The maximum absolute atomic E-state index is 10.0. The average molecular weight is 240 g/mol. The van der Waals surface area contributed by atoms with Gasteiger partial charge < -0.3 is 19.5 Å². The number of carbonyl (C=O) groups excluding carboxylic acids is 1. The molecule has 1 N–H and O–H groups in total. The fourth-order valence-corrected chi connectivity index (χ4v) is 1.20. The topological polar surface area (TPSA) is 73.2 Å². The molecule has 0 aliphatic heterocycles. The van der Waals surface area contributed by atoms with E-state index in [-0.39, 0.29) is 6.42 Å². The van der Waals surface area contributed by atoms with Crippen LogP contribution in [0.2, 0.25) is 0 Å². The van der Waals surface area contributed by atoms with Crippen LogP contribution in [-0.2, 0) is 4.79 Å². The summed E-state index contributed by atoms with van der Waals surface area (Å²) in [6.07, 6.45) is 2.41. The summed E-state index contributed by atoms with van der Waals surface area (Å²) >= 11 is 0. The summed E-state index contributed by atoms with van der Waals surface area (Å²) in [4.78, 5) is 13.8. The summed E-state index contributed by atoms with van der Waals surface area (Å²) < 4.78 is 0.550. The molecule has 0 fully saturated rings. The highest BCUT2D eigenvalue weighted by atomic mass is 16.4. The van der Waals surface area contributed by atoms with Crippen molar-refractivity contribution >= 4 is 5.97 Å². The second kappa shape index (κ2) is 7.76. The van der Waals surface area contributed by atoms with Crippen molar-refractivity contribution in [2.45, 2.75) is 12.5 Å². The Morgan fingerprint density at radius 2 is 1.82 bits per heavy atom. The van der Waals surface area contributed by atoms with Gasteiger partial charge in [0.2, 0.25) is 0 Å². The molecule has 0 aromatic carbocycles. The lowest BCUT2D eigenvalue weighted by atomic mass is 10.2. The molecule has 0 saturated heterocycles. The van der Waals surface area contributed by atoms with Crippen LogP contribution < -0.4 is 5.11 Å². The molecule has 96 valence electrons. The molecular formula is C12H20N2O3. The van der Waals surface area contributed by atoms with E-state index in [1.54, 1.807) is 12.4 Å². The van der Waals surface area contributed by atoms with Gasteiger partial charge in [-0.05, 0) is 12.1 Å². The van der Waals surface area contributed by atoms with E-state index < -0.39 is 12.1 Å². The van der Waals surface area contributed by atoms with Crippen LogP contribution in [0.5, 0.6) is 0 Å². The normalized spacial score (nSPS) is 12.2. The van der Waals surface area contributed by atoms with Gasteiger partial charge in [-0.2, -0.15) is 0 Å². The van der Waals surface area contributed by atoms with E-state index in [9.17, 15) is 9.90 Å². The van der Waals surface area contributed by atoms with E-state index in [1.807, 2.05) is 39.3 Å². The van der Waals surface area contributed by atoms with Gasteiger partial charge >= 0.3 is 0 Å². The monoisotopic (exact) mass is 240 g/mol. The average Bonchev–Trinajstić information content (AvgIpc) is 2.16. The van der Waals surface area contributed by atoms with Gasteiger partial charge in [0.05, 0.1) is 21.1 Å². The minimum Gasteiger partial charge on any atom is -0.550 e. The van der Waals surface area contributed by atoms with Crippen molar-refractivity contribution in [3.63, 3.8) is 0 Å². The second-order valence-corrected chi connectivity index (χ2v) is 4.73. The Balaban J connectivity index is 0.000000354. The van der Waals surface area contributed by atoms with Crippen LogP contribution in [0.1, 0.15) is 6.42 Å². The number of quaternary nitrogens is 1. The lowest BCUT2D eigenvalue weighted by Gasteiger charge is -2.26. The minimum atomic E-state index is -1.20. The van der Waals surface area contributed by atoms with E-state index in [4.69, 9.17) is 5.11 Å². The number of aromatic nitrogens is 1. The third-order valence-electron chi connectivity index (χ3n) is 1.73. The Morgan fingerprint density at radius 3 is 2.06 bits per heavy atom. The molecule has 5 nitrogen and oxygen atoms in total. The third kappa shape index (κ3) is 12.5. The Labute approximate surface area is 102 Å². The Bertz CT molecular complexity index is 283. The number of carbonyl (C=O) groups is 1. The van der Waals surface area contributed by atoms with Crippen molar-refractivity contribution in [2.24, 2.45) is 0 Å². The van der Waals surface area contributed by atoms with Crippen molar-refractivity contribution in [1.29, 1.82) is 0 Å². The molecule has 1 atom stereocenters. The summed E-state index contributed by atoms with van der Waals surface area (Å²) in [6.45, 7) is 0.425. The summed E-state index contributed by atoms with van der Waals surface area (Å²) in [5, 5.41) is 19.1. The molecule has 0 bridgehead atoms. The summed E-state index contributed by atoms with van der Waals surface area (Å²) in [5.74, 6) is -1.20. The molecule has 0 saturated carbocycles. The van der Waals surface area contributed by atoms with E-state index in [0.29, 0.717) is 11.0 Å². The van der Waals surface area contributed by atoms with Gasteiger partial charge in [-0.25, -0.2) is 0 Å². The zero-order valence-electron chi connectivity index (χ0n) is 10.5.